The number of halogens is 2. The standard InChI is InChI=1S/C11H15ClFNO/c1-7(5-6-14)10-8(13)3-4-9(15-2)11(10)12/h3-4,7H,5-6,14H2,1-2H3. The number of hydrogen-bond acceptors (Lipinski definition) is 2. The van der Waals surface area contributed by atoms with E-state index in [1.54, 1.807) is 0 Å². The fourth-order valence-electron chi connectivity index (χ4n) is 1.55. The number of rotatable bonds is 4. The van der Waals surface area contributed by atoms with E-state index >= 15 is 0 Å². The number of benzene rings is 1. The van der Waals surface area contributed by atoms with Gasteiger partial charge in [0.25, 0.3) is 0 Å². The molecule has 1 aromatic carbocycles. The first-order chi connectivity index (χ1) is 7.11. The predicted octanol–water partition coefficient (Wildman–Crippen LogP) is 2.94. The average Bonchev–Trinajstić information content (AvgIpc) is 2.18. The van der Waals surface area contributed by atoms with E-state index in [4.69, 9.17) is 22.1 Å². The van der Waals surface area contributed by atoms with E-state index in [0.29, 0.717) is 29.3 Å². The molecular weight excluding hydrogens is 217 g/mol. The monoisotopic (exact) mass is 231 g/mol. The van der Waals surface area contributed by atoms with Crippen LogP contribution in [0.4, 0.5) is 4.39 Å². The van der Waals surface area contributed by atoms with Crippen LogP contribution in [-0.2, 0) is 0 Å². The summed E-state index contributed by atoms with van der Waals surface area (Å²) in [6.07, 6.45) is 0.698. The molecule has 15 heavy (non-hydrogen) atoms. The zero-order chi connectivity index (χ0) is 11.4. The molecule has 84 valence electrons. The van der Waals surface area contributed by atoms with E-state index in [-0.39, 0.29) is 11.7 Å². The molecule has 4 heteroatoms. The fourth-order valence-corrected chi connectivity index (χ4v) is 1.97. The van der Waals surface area contributed by atoms with Gasteiger partial charge >= 0.3 is 0 Å². The lowest BCUT2D eigenvalue weighted by Crippen LogP contribution is -2.07. The number of ether oxygens (including phenoxy) is 1. The zero-order valence-corrected chi connectivity index (χ0v) is 9.64. The number of nitrogens with two attached hydrogens (primary N) is 1. The van der Waals surface area contributed by atoms with Gasteiger partial charge in [0.15, 0.2) is 0 Å². The smallest absolute Gasteiger partial charge is 0.137 e. The molecule has 0 aliphatic rings. The van der Waals surface area contributed by atoms with Crippen molar-refractivity contribution in [2.24, 2.45) is 5.73 Å². The van der Waals surface area contributed by atoms with Crippen LogP contribution in [0.2, 0.25) is 5.02 Å². The maximum atomic E-state index is 13.6. The summed E-state index contributed by atoms with van der Waals surface area (Å²) in [4.78, 5) is 0. The first-order valence-electron chi connectivity index (χ1n) is 4.83. The second-order valence-electron chi connectivity index (χ2n) is 3.46. The van der Waals surface area contributed by atoms with E-state index in [1.807, 2.05) is 6.92 Å². The Morgan fingerprint density at radius 3 is 2.73 bits per heavy atom. The summed E-state index contributed by atoms with van der Waals surface area (Å²) in [5, 5.41) is 0.346. The first kappa shape index (κ1) is 12.3. The van der Waals surface area contributed by atoms with Crippen LogP contribution in [0.15, 0.2) is 12.1 Å². The van der Waals surface area contributed by atoms with E-state index in [9.17, 15) is 4.39 Å². The highest BCUT2D eigenvalue weighted by Crippen LogP contribution is 2.35. The van der Waals surface area contributed by atoms with Crippen molar-refractivity contribution < 1.29 is 9.13 Å². The Bertz CT molecular complexity index is 344. The molecule has 0 saturated carbocycles. The Hall–Kier alpha value is -0.800. The SMILES string of the molecule is COc1ccc(F)c(C(C)CCN)c1Cl. The molecule has 2 N–H and O–H groups in total. The Kier molecular flexibility index (Phi) is 4.36. The second kappa shape index (κ2) is 5.33. The zero-order valence-electron chi connectivity index (χ0n) is 8.89. The van der Waals surface area contributed by atoms with Crippen molar-refractivity contribution in [3.05, 3.63) is 28.5 Å². The van der Waals surface area contributed by atoms with Crippen molar-refractivity contribution >= 4 is 11.6 Å². The highest BCUT2D eigenvalue weighted by atomic mass is 35.5. The predicted molar refractivity (Wildman–Crippen MR) is 60.0 cm³/mol. The quantitative estimate of drug-likeness (QED) is 0.865. The van der Waals surface area contributed by atoms with Crippen molar-refractivity contribution in [3.8, 4) is 5.75 Å². The molecule has 0 aliphatic heterocycles. The number of methoxy groups -OCH3 is 1. The van der Waals surface area contributed by atoms with Crippen molar-refractivity contribution in [1.29, 1.82) is 0 Å². The summed E-state index contributed by atoms with van der Waals surface area (Å²) in [5.41, 5.74) is 5.93. The minimum absolute atomic E-state index is 0.00222. The Morgan fingerprint density at radius 1 is 1.53 bits per heavy atom. The molecular formula is C11H15ClFNO. The molecule has 1 unspecified atom stereocenters. The van der Waals surface area contributed by atoms with Crippen LogP contribution in [0, 0.1) is 5.82 Å². The summed E-state index contributed by atoms with van der Waals surface area (Å²) in [6.45, 7) is 2.41. The van der Waals surface area contributed by atoms with Crippen LogP contribution in [0.25, 0.3) is 0 Å². The molecule has 0 bridgehead atoms. The van der Waals surface area contributed by atoms with E-state index in [2.05, 4.69) is 0 Å². The molecule has 0 saturated heterocycles. The van der Waals surface area contributed by atoms with E-state index < -0.39 is 0 Å². The lowest BCUT2D eigenvalue weighted by molar-refractivity contribution is 0.412. The van der Waals surface area contributed by atoms with Gasteiger partial charge in [0.1, 0.15) is 11.6 Å². The van der Waals surface area contributed by atoms with Crippen LogP contribution >= 0.6 is 11.6 Å². The third kappa shape index (κ3) is 2.61. The lowest BCUT2D eigenvalue weighted by Gasteiger charge is -2.15. The molecule has 0 amide bonds. The minimum atomic E-state index is -0.304. The third-order valence-electron chi connectivity index (χ3n) is 2.40. The Labute approximate surface area is 94.2 Å². The lowest BCUT2D eigenvalue weighted by atomic mass is 9.97. The molecule has 0 aromatic heterocycles. The Morgan fingerprint density at radius 2 is 2.20 bits per heavy atom. The van der Waals surface area contributed by atoms with Crippen molar-refractivity contribution in [2.45, 2.75) is 19.3 Å². The van der Waals surface area contributed by atoms with Gasteiger partial charge in [-0.15, -0.1) is 0 Å². The maximum absolute atomic E-state index is 13.6. The minimum Gasteiger partial charge on any atom is -0.495 e. The molecule has 0 fully saturated rings. The van der Waals surface area contributed by atoms with Crippen LogP contribution < -0.4 is 10.5 Å². The molecule has 0 heterocycles. The van der Waals surface area contributed by atoms with E-state index in [0.717, 1.165) is 0 Å². The summed E-state index contributed by atoms with van der Waals surface area (Å²) >= 11 is 6.04. The summed E-state index contributed by atoms with van der Waals surface area (Å²) in [7, 11) is 1.51. The van der Waals surface area contributed by atoms with Crippen LogP contribution in [-0.4, -0.2) is 13.7 Å². The van der Waals surface area contributed by atoms with Gasteiger partial charge in [0.2, 0.25) is 0 Å². The van der Waals surface area contributed by atoms with Crippen molar-refractivity contribution in [1.82, 2.24) is 0 Å². The third-order valence-corrected chi connectivity index (χ3v) is 2.79. The molecule has 1 atom stereocenters. The molecule has 1 aromatic rings. The topological polar surface area (TPSA) is 35.2 Å². The average molecular weight is 232 g/mol. The molecule has 0 radical (unpaired) electrons. The first-order valence-corrected chi connectivity index (χ1v) is 5.21. The normalized spacial score (nSPS) is 12.6. The van der Waals surface area contributed by atoms with Gasteiger partial charge in [-0.1, -0.05) is 18.5 Å². The summed E-state index contributed by atoms with van der Waals surface area (Å²) < 4.78 is 18.6. The van der Waals surface area contributed by atoms with Gasteiger partial charge in [0, 0.05) is 5.56 Å². The van der Waals surface area contributed by atoms with Gasteiger partial charge in [-0.3, -0.25) is 0 Å². The van der Waals surface area contributed by atoms with E-state index in [1.165, 1.54) is 19.2 Å². The maximum Gasteiger partial charge on any atom is 0.137 e. The van der Waals surface area contributed by atoms with Gasteiger partial charge in [0.05, 0.1) is 12.1 Å². The van der Waals surface area contributed by atoms with Gasteiger partial charge in [-0.2, -0.15) is 0 Å². The Balaban J connectivity index is 3.14. The molecule has 0 spiro atoms. The largest absolute Gasteiger partial charge is 0.495 e. The van der Waals surface area contributed by atoms with Crippen LogP contribution in [0.1, 0.15) is 24.8 Å². The summed E-state index contributed by atoms with van der Waals surface area (Å²) in [5.74, 6) is 0.191. The van der Waals surface area contributed by atoms with Crippen molar-refractivity contribution in [3.63, 3.8) is 0 Å². The number of hydrogen-bond donors (Lipinski definition) is 1. The molecule has 1 rings (SSSR count). The van der Waals surface area contributed by atoms with Crippen LogP contribution in [0.3, 0.4) is 0 Å². The van der Waals surface area contributed by atoms with Crippen molar-refractivity contribution in [2.75, 3.05) is 13.7 Å². The molecule has 2 nitrogen and oxygen atoms in total. The fraction of sp³-hybridized carbons (Fsp3) is 0.455. The highest BCUT2D eigenvalue weighted by molar-refractivity contribution is 6.32. The van der Waals surface area contributed by atoms with Gasteiger partial charge in [-0.05, 0) is 31.0 Å². The second-order valence-corrected chi connectivity index (χ2v) is 3.83. The van der Waals surface area contributed by atoms with Gasteiger partial charge in [-0.25, -0.2) is 4.39 Å². The van der Waals surface area contributed by atoms with Crippen LogP contribution in [0.5, 0.6) is 5.75 Å². The summed E-state index contributed by atoms with van der Waals surface area (Å²) in [6, 6.07) is 2.89. The highest BCUT2D eigenvalue weighted by Gasteiger charge is 2.17. The van der Waals surface area contributed by atoms with Gasteiger partial charge < -0.3 is 10.5 Å². The molecule has 0 aliphatic carbocycles.